The summed E-state index contributed by atoms with van der Waals surface area (Å²) in [6.45, 7) is 4.02. The van der Waals surface area contributed by atoms with Gasteiger partial charge in [-0.05, 0) is 23.8 Å². The number of piperazine rings is 1. The molecule has 1 fully saturated rings. The first-order valence-electron chi connectivity index (χ1n) is 8.66. The van der Waals surface area contributed by atoms with Crippen molar-refractivity contribution in [1.29, 1.82) is 0 Å². The molecule has 2 amide bonds. The number of hydrogen-bond donors (Lipinski definition) is 1. The lowest BCUT2D eigenvalue weighted by molar-refractivity contribution is -0.131. The van der Waals surface area contributed by atoms with E-state index in [-0.39, 0.29) is 11.8 Å². The van der Waals surface area contributed by atoms with Gasteiger partial charge in [0.2, 0.25) is 5.91 Å². The maximum atomic E-state index is 12.6. The van der Waals surface area contributed by atoms with Gasteiger partial charge >= 0.3 is 0 Å². The van der Waals surface area contributed by atoms with Crippen LogP contribution < -0.4 is 0 Å². The van der Waals surface area contributed by atoms with Crippen molar-refractivity contribution in [3.05, 3.63) is 53.7 Å². The molecule has 3 heterocycles. The molecule has 0 saturated carbocycles. The number of nitrogens with one attached hydrogen (secondary N) is 1. The Labute approximate surface area is 150 Å². The van der Waals surface area contributed by atoms with Gasteiger partial charge in [0, 0.05) is 45.5 Å². The highest BCUT2D eigenvalue weighted by Crippen LogP contribution is 2.18. The second-order valence-electron chi connectivity index (χ2n) is 6.48. The number of hydrogen-bond acceptors (Lipinski definition) is 4. The number of oxazole rings is 1. The van der Waals surface area contributed by atoms with Crippen molar-refractivity contribution in [1.82, 2.24) is 19.8 Å². The van der Waals surface area contributed by atoms with Gasteiger partial charge < -0.3 is 19.2 Å². The molecule has 1 saturated heterocycles. The van der Waals surface area contributed by atoms with Crippen molar-refractivity contribution in [2.24, 2.45) is 0 Å². The zero-order valence-electron chi connectivity index (χ0n) is 14.6. The van der Waals surface area contributed by atoms with Gasteiger partial charge in [-0.2, -0.15) is 0 Å². The minimum absolute atomic E-state index is 0.00482. The smallest absolute Gasteiger partial charge is 0.255 e. The normalized spacial score (nSPS) is 14.8. The average molecular weight is 352 g/mol. The molecule has 3 aromatic rings. The molecule has 2 aromatic heterocycles. The first kappa shape index (κ1) is 16.4. The summed E-state index contributed by atoms with van der Waals surface area (Å²) in [5.41, 5.74) is 3.08. The van der Waals surface area contributed by atoms with Gasteiger partial charge in [0.1, 0.15) is 5.52 Å². The summed E-state index contributed by atoms with van der Waals surface area (Å²) in [7, 11) is 0. The van der Waals surface area contributed by atoms with Crippen LogP contribution in [0.5, 0.6) is 0 Å². The van der Waals surface area contributed by atoms with Crippen molar-refractivity contribution >= 4 is 22.9 Å². The molecule has 0 unspecified atom stereocenters. The van der Waals surface area contributed by atoms with Crippen LogP contribution in [0.4, 0.5) is 0 Å². The first-order chi connectivity index (χ1) is 12.6. The van der Waals surface area contributed by atoms with E-state index in [4.69, 9.17) is 4.42 Å². The number of H-pyrrole nitrogens is 1. The minimum Gasteiger partial charge on any atom is -0.441 e. The summed E-state index contributed by atoms with van der Waals surface area (Å²) in [6, 6.07) is 7.42. The monoisotopic (exact) mass is 352 g/mol. The summed E-state index contributed by atoms with van der Waals surface area (Å²) < 4.78 is 5.46. The number of aromatic nitrogens is 2. The van der Waals surface area contributed by atoms with E-state index in [2.05, 4.69) is 9.97 Å². The Balaban J connectivity index is 1.36. The van der Waals surface area contributed by atoms with E-state index in [0.717, 1.165) is 16.7 Å². The largest absolute Gasteiger partial charge is 0.441 e. The lowest BCUT2D eigenvalue weighted by Gasteiger charge is -2.34. The molecule has 7 heteroatoms. The van der Waals surface area contributed by atoms with Gasteiger partial charge in [-0.3, -0.25) is 9.59 Å². The molecule has 0 aliphatic carbocycles. The van der Waals surface area contributed by atoms with Gasteiger partial charge in [0.05, 0.1) is 12.0 Å². The van der Waals surface area contributed by atoms with Crippen molar-refractivity contribution in [3.63, 3.8) is 0 Å². The zero-order chi connectivity index (χ0) is 18.1. The fourth-order valence-corrected chi connectivity index (χ4v) is 3.28. The molecule has 0 spiro atoms. The van der Waals surface area contributed by atoms with E-state index in [9.17, 15) is 9.59 Å². The molecule has 1 aromatic carbocycles. The lowest BCUT2D eigenvalue weighted by Crippen LogP contribution is -2.50. The maximum Gasteiger partial charge on any atom is 0.255 e. The van der Waals surface area contributed by atoms with Gasteiger partial charge in [0.25, 0.3) is 5.91 Å². The van der Waals surface area contributed by atoms with Crippen LogP contribution in [0.15, 0.2) is 41.1 Å². The third-order valence-corrected chi connectivity index (χ3v) is 4.68. The molecule has 0 bridgehead atoms. The molecule has 26 heavy (non-hydrogen) atoms. The van der Waals surface area contributed by atoms with Crippen molar-refractivity contribution in [2.45, 2.75) is 13.3 Å². The van der Waals surface area contributed by atoms with Gasteiger partial charge in [-0.15, -0.1) is 0 Å². The number of rotatable bonds is 3. The number of fused-ring (bicyclic) bond motifs is 1. The third kappa shape index (κ3) is 3.20. The lowest BCUT2D eigenvalue weighted by atomic mass is 10.1. The Morgan fingerprint density at radius 1 is 1.15 bits per heavy atom. The van der Waals surface area contributed by atoms with Crippen LogP contribution in [0.2, 0.25) is 0 Å². The molecule has 1 aliphatic heterocycles. The Kier molecular flexibility index (Phi) is 4.20. The maximum absolute atomic E-state index is 12.6. The molecule has 4 rings (SSSR count). The molecule has 7 nitrogen and oxygen atoms in total. The fourth-order valence-electron chi connectivity index (χ4n) is 3.28. The highest BCUT2D eigenvalue weighted by molar-refractivity contribution is 5.94. The van der Waals surface area contributed by atoms with E-state index < -0.39 is 0 Å². The molecule has 134 valence electrons. The summed E-state index contributed by atoms with van der Waals surface area (Å²) in [5.74, 6) is 0.690. The number of aromatic amines is 1. The van der Waals surface area contributed by atoms with E-state index in [0.29, 0.717) is 44.1 Å². The SMILES string of the molecule is Cc1nc2cc(CC(=O)N3CCN(C(=O)c4cc[nH]c4)CC3)ccc2o1. The Bertz CT molecular complexity index is 937. The quantitative estimate of drug-likeness (QED) is 0.781. The van der Waals surface area contributed by atoms with Crippen molar-refractivity contribution in [2.75, 3.05) is 26.2 Å². The third-order valence-electron chi connectivity index (χ3n) is 4.68. The molecule has 0 radical (unpaired) electrons. The van der Waals surface area contributed by atoms with Crippen LogP contribution in [0, 0.1) is 6.92 Å². The van der Waals surface area contributed by atoms with Crippen molar-refractivity contribution in [3.8, 4) is 0 Å². The predicted molar refractivity (Wildman–Crippen MR) is 95.7 cm³/mol. The molecular formula is C19H20N4O3. The average Bonchev–Trinajstić information content (AvgIpc) is 3.29. The number of benzene rings is 1. The van der Waals surface area contributed by atoms with E-state index >= 15 is 0 Å². The highest BCUT2D eigenvalue weighted by atomic mass is 16.3. The highest BCUT2D eigenvalue weighted by Gasteiger charge is 2.25. The van der Waals surface area contributed by atoms with Crippen LogP contribution in [-0.4, -0.2) is 57.8 Å². The van der Waals surface area contributed by atoms with E-state index in [1.165, 1.54) is 0 Å². The molecule has 1 aliphatic rings. The van der Waals surface area contributed by atoms with Gasteiger partial charge in [-0.1, -0.05) is 6.07 Å². The number of carbonyl (C=O) groups excluding carboxylic acids is 2. The summed E-state index contributed by atoms with van der Waals surface area (Å²) in [6.07, 6.45) is 3.76. The second-order valence-corrected chi connectivity index (χ2v) is 6.48. The predicted octanol–water partition coefficient (Wildman–Crippen LogP) is 1.99. The van der Waals surface area contributed by atoms with E-state index in [1.54, 1.807) is 30.3 Å². The van der Waals surface area contributed by atoms with Crippen LogP contribution in [0.25, 0.3) is 11.1 Å². The van der Waals surface area contributed by atoms with Crippen molar-refractivity contribution < 1.29 is 14.0 Å². The summed E-state index contributed by atoms with van der Waals surface area (Å²) in [5, 5.41) is 0. The topological polar surface area (TPSA) is 82.4 Å². The first-order valence-corrected chi connectivity index (χ1v) is 8.66. The molecular weight excluding hydrogens is 332 g/mol. The number of carbonyl (C=O) groups is 2. The Morgan fingerprint density at radius 2 is 1.92 bits per heavy atom. The summed E-state index contributed by atoms with van der Waals surface area (Å²) >= 11 is 0. The number of aryl methyl sites for hydroxylation is 1. The Morgan fingerprint density at radius 3 is 2.65 bits per heavy atom. The second kappa shape index (κ2) is 6.67. The molecule has 0 atom stereocenters. The Hall–Kier alpha value is -3.09. The minimum atomic E-state index is 0.00482. The number of nitrogens with zero attached hydrogens (tertiary/aromatic N) is 3. The van der Waals surface area contributed by atoms with Crippen LogP contribution in [0.1, 0.15) is 21.8 Å². The van der Waals surface area contributed by atoms with Crippen LogP contribution in [-0.2, 0) is 11.2 Å². The zero-order valence-corrected chi connectivity index (χ0v) is 14.6. The standard InChI is InChI=1S/C19H20N4O3/c1-13-21-16-10-14(2-3-17(16)26-13)11-18(24)22-6-8-23(9-7-22)19(25)15-4-5-20-12-15/h2-5,10,12,20H,6-9,11H2,1H3. The summed E-state index contributed by atoms with van der Waals surface area (Å²) in [4.78, 5) is 35.7. The van der Waals surface area contributed by atoms with E-state index in [1.807, 2.05) is 23.1 Å². The molecule has 1 N–H and O–H groups in total. The van der Waals surface area contributed by atoms with Gasteiger partial charge in [0.15, 0.2) is 11.5 Å². The number of amides is 2. The fraction of sp³-hybridized carbons (Fsp3) is 0.316. The van der Waals surface area contributed by atoms with Crippen LogP contribution >= 0.6 is 0 Å². The van der Waals surface area contributed by atoms with Crippen LogP contribution in [0.3, 0.4) is 0 Å². The van der Waals surface area contributed by atoms with Gasteiger partial charge in [-0.25, -0.2) is 4.98 Å².